The molecule has 13 aromatic rings. The number of aromatic nitrogens is 13. The Bertz CT molecular complexity index is 7650. The van der Waals surface area contributed by atoms with E-state index in [1.807, 2.05) is 73.4 Å². The van der Waals surface area contributed by atoms with Crippen LogP contribution in [-0.4, -0.2) is 251 Å². The molecule has 1 saturated carbocycles. The van der Waals surface area contributed by atoms with E-state index in [0.717, 1.165) is 95.8 Å². The fourth-order valence-electron chi connectivity index (χ4n) is 17.8. The van der Waals surface area contributed by atoms with Gasteiger partial charge in [0.1, 0.15) is 80.2 Å². The Morgan fingerprint density at radius 2 is 0.738 bits per heavy atom. The molecular formula is C108H104F3N25O13. The zero-order valence-electron chi connectivity index (χ0n) is 82.9. The van der Waals surface area contributed by atoms with Crippen LogP contribution in [-0.2, 0) is 78.4 Å². The van der Waals surface area contributed by atoms with Crippen LogP contribution in [0.5, 0.6) is 0 Å². The van der Waals surface area contributed by atoms with E-state index in [2.05, 4.69) is 172 Å². The summed E-state index contributed by atoms with van der Waals surface area (Å²) in [5, 5.41) is 57.4. The molecule has 760 valence electrons. The number of nitrogens with zero attached hydrogens (tertiary/aromatic N) is 25. The highest BCUT2D eigenvalue weighted by molar-refractivity contribution is 6.40. The number of hydrogen-bond acceptors (Lipinski definition) is 32. The van der Waals surface area contributed by atoms with Crippen LogP contribution in [0.4, 0.5) is 88.7 Å². The van der Waals surface area contributed by atoms with Gasteiger partial charge in [0.15, 0.2) is 69.8 Å². The number of benzene rings is 6. The van der Waals surface area contributed by atoms with Crippen molar-refractivity contribution in [2.24, 2.45) is 30.0 Å². The first-order valence-electron chi connectivity index (χ1n) is 48.8. The number of aryl methyl sites for hydroxylation is 1. The molecule has 1 aliphatic carbocycles. The summed E-state index contributed by atoms with van der Waals surface area (Å²) in [7, 11) is 5.86. The van der Waals surface area contributed by atoms with Gasteiger partial charge in [0.25, 0.3) is 0 Å². The number of hydrogen-bond donors (Lipinski definition) is 6. The van der Waals surface area contributed by atoms with Crippen LogP contribution in [0.1, 0.15) is 131 Å². The molecule has 3 fully saturated rings. The molecule has 10 aliphatic rings. The summed E-state index contributed by atoms with van der Waals surface area (Å²) >= 11 is 0. The maximum absolute atomic E-state index is 13.5. The number of morpholine rings is 1. The zero-order chi connectivity index (χ0) is 105. The molecule has 0 radical (unpaired) electrons. The Hall–Kier alpha value is -17.4. The number of piperidine rings is 1. The smallest absolute Gasteiger partial charge is 0.350 e. The van der Waals surface area contributed by atoms with Gasteiger partial charge in [-0.2, -0.15) is 0 Å². The molecule has 6 N–H and O–H groups in total. The lowest BCUT2D eigenvalue weighted by Gasteiger charge is -2.31. The predicted molar refractivity (Wildman–Crippen MR) is 559 cm³/mol. The van der Waals surface area contributed by atoms with Gasteiger partial charge in [-0.3, -0.25) is 4.98 Å². The molecular weight excluding hydrogens is 1910 g/mol. The number of carbonyl (C=O) groups is 6. The Kier molecular flexibility index (Phi) is 29.9. The predicted octanol–water partition coefficient (Wildman–Crippen LogP) is 16.8. The molecule has 0 bridgehead atoms. The van der Waals surface area contributed by atoms with Gasteiger partial charge < -0.3 is 64.8 Å². The van der Waals surface area contributed by atoms with Gasteiger partial charge in [0.2, 0.25) is 0 Å². The molecule has 2 saturated heterocycles. The van der Waals surface area contributed by atoms with Crippen molar-refractivity contribution in [3.63, 3.8) is 0 Å². The van der Waals surface area contributed by atoms with E-state index >= 15 is 0 Å². The van der Waals surface area contributed by atoms with Gasteiger partial charge in [0, 0.05) is 156 Å². The van der Waals surface area contributed by atoms with Gasteiger partial charge in [-0.15, -0.1) is 0 Å². The Labute approximate surface area is 852 Å². The molecule has 7 aromatic heterocycles. The van der Waals surface area contributed by atoms with E-state index in [0.29, 0.717) is 164 Å². The minimum absolute atomic E-state index is 0.0270. The second-order valence-electron chi connectivity index (χ2n) is 37.5. The third kappa shape index (κ3) is 22.7. The second kappa shape index (κ2) is 43.9. The first kappa shape index (κ1) is 102. The Morgan fingerprint density at radius 3 is 1.17 bits per heavy atom. The molecule has 9 aliphatic heterocycles. The summed E-state index contributed by atoms with van der Waals surface area (Å²) in [5.74, 6) is -0.447. The number of rotatable bonds is 21. The average Bonchev–Trinajstić information content (AvgIpc) is 1.74. The molecule has 0 spiro atoms. The van der Waals surface area contributed by atoms with Crippen LogP contribution in [0.3, 0.4) is 0 Å². The maximum atomic E-state index is 13.5. The monoisotopic (exact) mass is 2020 g/mol. The number of anilines is 7. The van der Waals surface area contributed by atoms with Crippen LogP contribution in [0.25, 0.3) is 67.1 Å². The van der Waals surface area contributed by atoms with Crippen LogP contribution >= 0.6 is 0 Å². The quantitative estimate of drug-likeness (QED) is 0.0389. The molecule has 149 heavy (non-hydrogen) atoms. The standard InChI is InChI=1S/C22H17FN4O2.C21H20N4O2.C17H15FN4O3.C17H15FN4O2.C16H17N5O2.C15H20N4O2/c23-15-9-7-14(8-10-15)19-21(25-16-12-17(22(28)29)24-20(16)26-19)27-11-3-5-13-4-1-2-6-18(13)27;1-12(2)25(3)20-18(15-9-8-13-6-4-5-7-14(13)10-15)24-19-16(23-20)11-17(22-19)21(26)27;18-11-3-1-10(2-4-11)14-16(22-5-7-25-8-6-22)20-12-9-13(17(23)24)19-15(12)21-14;1-22(11-6-7-11)16-14(9-2-4-10(18)5-3-9)21-15-12(20-16)8-13(19-15)17(23)24;1-9(2)21(3)15-13(10-5-4-6-17-8-10)20-14-11(19-15)7-12(18-14)16(22)23;1-9(2)12-14(19-6-4-3-5-7-19)17-10-8-11(15(20)21)16-13(10)18-12/h1-2,4,6-10H,3,5,11-12H2,(H,28,29);4-10,12H,11H2,1-3H3,(H,26,27);1-4H,5-9H2,(H,23,24);2-5,11H,6-8H2,1H3,(H,23,24);4-6,8-9H,7H2,1-3H3,(H,22,23);9H,3-8H2,1-2H3,(H,20,21). The fraction of sp³-hybridized carbons (Fsp3) is 0.306. The summed E-state index contributed by atoms with van der Waals surface area (Å²) in [6.45, 7) is 17.7. The summed E-state index contributed by atoms with van der Waals surface area (Å²) in [6, 6.07) is 45.1. The SMILES string of the molecule is CC(C)N(C)c1nc2c(nc1-c1ccc3ccccc3c1)N=C(C(=O)O)C2.CC(C)N(C)c1nc2c(nc1-c1cccnc1)N=C(C(=O)O)C2.CC(C)c1nc2c(nc1N1CCCCC1)CC(C(=O)O)=N2.CN(c1nc2c(nc1-c1ccc(F)cc1)N=C(C(=O)O)C2)C1CC1.O=C(O)C1=Nc2nc(-c3ccc(F)cc3)c(N3CCCc4ccccc43)nc2C1.O=C(O)C1=Nc2nc(-c3ccc(F)cc3)c(N3CCOCC3)nc2C1. The zero-order valence-corrected chi connectivity index (χ0v) is 82.9. The molecule has 38 nitrogen and oxygen atoms in total. The normalized spacial score (nSPS) is 15.1. The van der Waals surface area contributed by atoms with E-state index in [1.54, 1.807) is 48.8 Å². The Balaban J connectivity index is 0.000000117. The number of ether oxygens (including phenoxy) is 1. The van der Waals surface area contributed by atoms with Crippen molar-refractivity contribution in [1.82, 2.24) is 64.8 Å². The lowest BCUT2D eigenvalue weighted by atomic mass is 10.0. The van der Waals surface area contributed by atoms with E-state index in [-0.39, 0.29) is 108 Å². The number of pyridine rings is 1. The summed E-state index contributed by atoms with van der Waals surface area (Å²) in [4.78, 5) is 164. The minimum atomic E-state index is -1.07. The highest BCUT2D eigenvalue weighted by atomic mass is 19.1. The van der Waals surface area contributed by atoms with Crippen molar-refractivity contribution < 1.29 is 77.3 Å². The van der Waals surface area contributed by atoms with E-state index in [4.69, 9.17) is 45.1 Å². The lowest BCUT2D eigenvalue weighted by molar-refractivity contribution is -0.130. The topological polar surface area (TPSA) is 494 Å². The second-order valence-corrected chi connectivity index (χ2v) is 37.5. The number of para-hydroxylation sites is 1. The van der Waals surface area contributed by atoms with Crippen molar-refractivity contribution in [3.05, 3.63) is 227 Å². The number of carboxylic acids is 6. The molecule has 0 atom stereocenters. The van der Waals surface area contributed by atoms with E-state index in [9.17, 15) is 52.2 Å². The van der Waals surface area contributed by atoms with Gasteiger partial charge in [-0.05, 0) is 192 Å². The lowest BCUT2D eigenvalue weighted by Crippen LogP contribution is -2.37. The van der Waals surface area contributed by atoms with Gasteiger partial charge >= 0.3 is 35.8 Å². The van der Waals surface area contributed by atoms with Crippen molar-refractivity contribution >= 4 is 156 Å². The van der Waals surface area contributed by atoms with E-state index in [1.165, 1.54) is 61.2 Å². The third-order valence-corrected chi connectivity index (χ3v) is 26.4. The third-order valence-electron chi connectivity index (χ3n) is 26.4. The largest absolute Gasteiger partial charge is 0.477 e. The molecule has 41 heteroatoms. The highest BCUT2D eigenvalue weighted by Crippen LogP contribution is 2.45. The average molecular weight is 2020 g/mol. The maximum Gasteiger partial charge on any atom is 0.350 e. The van der Waals surface area contributed by atoms with Crippen molar-refractivity contribution in [2.75, 3.05) is 96.5 Å². The summed E-state index contributed by atoms with van der Waals surface area (Å²) in [5.41, 5.74) is 14.2. The Morgan fingerprint density at radius 1 is 0.362 bits per heavy atom. The number of fused-ring (bicyclic) bond motifs is 8. The van der Waals surface area contributed by atoms with Crippen molar-refractivity contribution in [1.29, 1.82) is 0 Å². The summed E-state index contributed by atoms with van der Waals surface area (Å²) < 4.78 is 45.4. The van der Waals surface area contributed by atoms with Crippen LogP contribution < -0.4 is 29.4 Å². The first-order valence-corrected chi connectivity index (χ1v) is 48.8. The van der Waals surface area contributed by atoms with Gasteiger partial charge in [-0.1, -0.05) is 68.4 Å². The van der Waals surface area contributed by atoms with Gasteiger partial charge in [-0.25, -0.2) is 132 Å². The van der Waals surface area contributed by atoms with Crippen molar-refractivity contribution in [3.8, 4) is 56.3 Å². The minimum Gasteiger partial charge on any atom is -0.477 e. The molecule has 23 rings (SSSR count). The molecule has 0 unspecified atom stereocenters. The van der Waals surface area contributed by atoms with Crippen LogP contribution in [0, 0.1) is 17.5 Å². The number of aliphatic carboxylic acids is 6. The fourth-order valence-corrected chi connectivity index (χ4v) is 17.8. The first-order chi connectivity index (χ1) is 71.7. The molecule has 6 aromatic carbocycles. The number of halogens is 3. The highest BCUT2D eigenvalue weighted by Gasteiger charge is 2.38. The van der Waals surface area contributed by atoms with Crippen LogP contribution in [0.15, 0.2) is 194 Å². The van der Waals surface area contributed by atoms with Crippen LogP contribution in [0.2, 0.25) is 0 Å². The van der Waals surface area contributed by atoms with Crippen molar-refractivity contribution in [2.45, 2.75) is 149 Å². The van der Waals surface area contributed by atoms with Gasteiger partial charge in [0.05, 0.1) is 53.1 Å². The molecule has 0 amide bonds. The number of aliphatic imine (C=N–C) groups is 6. The van der Waals surface area contributed by atoms with E-state index < -0.39 is 35.8 Å². The number of carboxylic acid groups (broad SMARTS) is 6. The summed E-state index contributed by atoms with van der Waals surface area (Å²) in [6.07, 6.45) is 12.3. The molecule has 16 heterocycles.